The zero-order valence-electron chi connectivity index (χ0n) is 10.6. The number of carbonyl (C=O) groups excluding carboxylic acids is 1. The number of rotatable bonds is 3. The highest BCUT2D eigenvalue weighted by Gasteiger charge is 2.33. The van der Waals surface area contributed by atoms with Crippen molar-refractivity contribution in [3.63, 3.8) is 0 Å². The van der Waals surface area contributed by atoms with E-state index in [2.05, 4.69) is 22.5 Å². The molecule has 1 amide bonds. The second kappa shape index (κ2) is 4.35. The van der Waals surface area contributed by atoms with Gasteiger partial charge < -0.3 is 10.6 Å². The standard InChI is InChI=1S/C13H19N3O/c1-9-7-10(8-11(14-3)15-9)12(17)16-13(2)5-4-6-13/h7-8H,4-6H2,1-3H3,(H,14,15)(H,16,17). The van der Waals surface area contributed by atoms with Crippen molar-refractivity contribution in [2.45, 2.75) is 38.6 Å². The highest BCUT2D eigenvalue weighted by molar-refractivity contribution is 5.95. The van der Waals surface area contributed by atoms with Crippen LogP contribution in [0.2, 0.25) is 0 Å². The molecule has 0 bridgehead atoms. The van der Waals surface area contributed by atoms with Gasteiger partial charge in [-0.25, -0.2) is 4.98 Å². The first-order valence-electron chi connectivity index (χ1n) is 6.01. The van der Waals surface area contributed by atoms with Crippen molar-refractivity contribution in [3.05, 3.63) is 23.4 Å². The third-order valence-corrected chi connectivity index (χ3v) is 3.34. The molecule has 1 saturated carbocycles. The third kappa shape index (κ3) is 2.57. The number of nitrogens with one attached hydrogen (secondary N) is 2. The summed E-state index contributed by atoms with van der Waals surface area (Å²) in [4.78, 5) is 16.4. The van der Waals surface area contributed by atoms with Gasteiger partial charge in [-0.15, -0.1) is 0 Å². The summed E-state index contributed by atoms with van der Waals surface area (Å²) in [5.74, 6) is 0.725. The molecule has 1 aromatic heterocycles. The summed E-state index contributed by atoms with van der Waals surface area (Å²) in [6.45, 7) is 3.99. The van der Waals surface area contributed by atoms with Gasteiger partial charge in [0, 0.05) is 23.8 Å². The Labute approximate surface area is 102 Å². The van der Waals surface area contributed by atoms with Gasteiger partial charge in [0.05, 0.1) is 0 Å². The molecule has 0 unspecified atom stereocenters. The van der Waals surface area contributed by atoms with E-state index in [9.17, 15) is 4.79 Å². The molecule has 1 aliphatic rings. The van der Waals surface area contributed by atoms with Crippen LogP contribution in [-0.4, -0.2) is 23.5 Å². The molecule has 0 radical (unpaired) electrons. The average Bonchev–Trinajstić information content (AvgIpc) is 2.26. The number of carbonyl (C=O) groups is 1. The van der Waals surface area contributed by atoms with Crippen molar-refractivity contribution in [1.29, 1.82) is 0 Å². The van der Waals surface area contributed by atoms with E-state index in [0.717, 1.165) is 24.4 Å². The first-order chi connectivity index (χ1) is 8.02. The van der Waals surface area contributed by atoms with Crippen LogP contribution < -0.4 is 10.6 Å². The Balaban J connectivity index is 2.15. The maximum atomic E-state index is 12.1. The minimum absolute atomic E-state index is 0.00537. The molecule has 1 fully saturated rings. The smallest absolute Gasteiger partial charge is 0.251 e. The van der Waals surface area contributed by atoms with Crippen LogP contribution in [-0.2, 0) is 0 Å². The largest absolute Gasteiger partial charge is 0.373 e. The number of aromatic nitrogens is 1. The summed E-state index contributed by atoms with van der Waals surface area (Å²) >= 11 is 0. The van der Waals surface area contributed by atoms with E-state index in [1.807, 2.05) is 13.0 Å². The zero-order chi connectivity index (χ0) is 12.5. The lowest BCUT2D eigenvalue weighted by Gasteiger charge is -2.39. The first kappa shape index (κ1) is 11.9. The van der Waals surface area contributed by atoms with Crippen LogP contribution >= 0.6 is 0 Å². The fourth-order valence-corrected chi connectivity index (χ4v) is 2.11. The van der Waals surface area contributed by atoms with E-state index >= 15 is 0 Å². The van der Waals surface area contributed by atoms with Crippen molar-refractivity contribution >= 4 is 11.7 Å². The molecule has 2 rings (SSSR count). The molecule has 0 saturated heterocycles. The molecule has 4 nitrogen and oxygen atoms in total. The Morgan fingerprint density at radius 1 is 1.41 bits per heavy atom. The predicted molar refractivity (Wildman–Crippen MR) is 68.2 cm³/mol. The quantitative estimate of drug-likeness (QED) is 0.840. The van der Waals surface area contributed by atoms with Gasteiger partial charge >= 0.3 is 0 Å². The van der Waals surface area contributed by atoms with Crippen molar-refractivity contribution in [3.8, 4) is 0 Å². The zero-order valence-corrected chi connectivity index (χ0v) is 10.6. The van der Waals surface area contributed by atoms with Gasteiger partial charge in [-0.05, 0) is 45.2 Å². The van der Waals surface area contributed by atoms with E-state index in [4.69, 9.17) is 0 Å². The van der Waals surface area contributed by atoms with Gasteiger partial charge in [-0.1, -0.05) is 0 Å². The molecule has 0 spiro atoms. The van der Waals surface area contributed by atoms with Crippen molar-refractivity contribution < 1.29 is 4.79 Å². The second-order valence-electron chi connectivity index (χ2n) is 5.00. The van der Waals surface area contributed by atoms with Gasteiger partial charge in [-0.3, -0.25) is 4.79 Å². The normalized spacial score (nSPS) is 17.1. The van der Waals surface area contributed by atoms with Gasteiger partial charge in [0.2, 0.25) is 0 Å². The van der Waals surface area contributed by atoms with Crippen LogP contribution in [0.5, 0.6) is 0 Å². The maximum absolute atomic E-state index is 12.1. The lowest BCUT2D eigenvalue weighted by atomic mass is 9.78. The molecule has 1 aliphatic carbocycles. The first-order valence-corrected chi connectivity index (χ1v) is 6.01. The van der Waals surface area contributed by atoms with Gasteiger partial charge in [0.15, 0.2) is 0 Å². The van der Waals surface area contributed by atoms with E-state index in [0.29, 0.717) is 5.56 Å². The molecule has 92 valence electrons. The van der Waals surface area contributed by atoms with Crippen molar-refractivity contribution in [2.24, 2.45) is 0 Å². The van der Waals surface area contributed by atoms with Crippen LogP contribution in [0.15, 0.2) is 12.1 Å². The minimum atomic E-state index is -0.00589. The van der Waals surface area contributed by atoms with E-state index < -0.39 is 0 Å². The number of hydrogen-bond donors (Lipinski definition) is 2. The van der Waals surface area contributed by atoms with Crippen LogP contribution in [0.3, 0.4) is 0 Å². The summed E-state index contributed by atoms with van der Waals surface area (Å²) in [5.41, 5.74) is 1.52. The molecule has 4 heteroatoms. The number of hydrogen-bond acceptors (Lipinski definition) is 3. The predicted octanol–water partition coefficient (Wildman–Crippen LogP) is 2.10. The molecule has 1 heterocycles. The maximum Gasteiger partial charge on any atom is 0.251 e. The highest BCUT2D eigenvalue weighted by atomic mass is 16.1. The summed E-state index contributed by atoms with van der Waals surface area (Å²) < 4.78 is 0. The van der Waals surface area contributed by atoms with Gasteiger partial charge in [0.1, 0.15) is 5.82 Å². The molecule has 1 aromatic rings. The van der Waals surface area contributed by atoms with E-state index in [-0.39, 0.29) is 11.4 Å². The van der Waals surface area contributed by atoms with Crippen LogP contribution in [0.25, 0.3) is 0 Å². The Bertz CT molecular complexity index is 438. The number of pyridine rings is 1. The highest BCUT2D eigenvalue weighted by Crippen LogP contribution is 2.31. The molecular formula is C13H19N3O. The monoisotopic (exact) mass is 233 g/mol. The summed E-state index contributed by atoms with van der Waals surface area (Å²) in [5, 5.41) is 6.06. The third-order valence-electron chi connectivity index (χ3n) is 3.34. The fourth-order valence-electron chi connectivity index (χ4n) is 2.11. The van der Waals surface area contributed by atoms with Gasteiger partial charge in [0.25, 0.3) is 5.91 Å². The summed E-state index contributed by atoms with van der Waals surface area (Å²) in [6.07, 6.45) is 3.34. The Morgan fingerprint density at radius 3 is 2.65 bits per heavy atom. The lowest BCUT2D eigenvalue weighted by molar-refractivity contribution is 0.0850. The summed E-state index contributed by atoms with van der Waals surface area (Å²) in [6, 6.07) is 3.60. The molecule has 0 aliphatic heterocycles. The minimum Gasteiger partial charge on any atom is -0.373 e. The van der Waals surface area contributed by atoms with E-state index in [1.165, 1.54) is 6.42 Å². The number of amides is 1. The SMILES string of the molecule is CNc1cc(C(=O)NC2(C)CCC2)cc(C)n1. The van der Waals surface area contributed by atoms with Crippen LogP contribution in [0, 0.1) is 6.92 Å². The van der Waals surface area contributed by atoms with Crippen molar-refractivity contribution in [2.75, 3.05) is 12.4 Å². The van der Waals surface area contributed by atoms with Crippen molar-refractivity contribution in [1.82, 2.24) is 10.3 Å². The van der Waals surface area contributed by atoms with Gasteiger partial charge in [-0.2, -0.15) is 0 Å². The number of nitrogens with zero attached hydrogens (tertiary/aromatic N) is 1. The lowest BCUT2D eigenvalue weighted by Crippen LogP contribution is -2.50. The second-order valence-corrected chi connectivity index (χ2v) is 5.00. The number of aryl methyl sites for hydroxylation is 1. The average molecular weight is 233 g/mol. The summed E-state index contributed by atoms with van der Waals surface area (Å²) in [7, 11) is 1.80. The molecule has 0 atom stereocenters. The Morgan fingerprint density at radius 2 is 2.12 bits per heavy atom. The Kier molecular flexibility index (Phi) is 3.05. The topological polar surface area (TPSA) is 54.0 Å². The van der Waals surface area contributed by atoms with Crippen LogP contribution in [0.1, 0.15) is 42.2 Å². The molecule has 0 aromatic carbocycles. The van der Waals surface area contributed by atoms with E-state index in [1.54, 1.807) is 13.1 Å². The fraction of sp³-hybridized carbons (Fsp3) is 0.538. The molecule has 2 N–H and O–H groups in total. The molecule has 17 heavy (non-hydrogen) atoms. The number of anilines is 1. The molecular weight excluding hydrogens is 214 g/mol. The van der Waals surface area contributed by atoms with Crippen LogP contribution in [0.4, 0.5) is 5.82 Å². The Hall–Kier alpha value is -1.58.